The number of rotatable bonds is 4. The predicted molar refractivity (Wildman–Crippen MR) is 126 cm³/mol. The number of aromatic nitrogens is 2. The Bertz CT molecular complexity index is 1170. The maximum atomic E-state index is 13.3. The van der Waals surface area contributed by atoms with E-state index in [2.05, 4.69) is 23.0 Å². The van der Waals surface area contributed by atoms with Gasteiger partial charge in [0, 0.05) is 18.3 Å². The zero-order chi connectivity index (χ0) is 22.9. The lowest BCUT2D eigenvalue weighted by molar-refractivity contribution is -0.131. The highest BCUT2D eigenvalue weighted by Gasteiger charge is 2.27. The first-order chi connectivity index (χ1) is 16.0. The van der Waals surface area contributed by atoms with E-state index in [9.17, 15) is 9.18 Å². The summed E-state index contributed by atoms with van der Waals surface area (Å²) in [5.74, 6) is 0.219. The van der Waals surface area contributed by atoms with E-state index in [1.165, 1.54) is 17.7 Å². The molecule has 0 spiro atoms. The molecule has 2 aliphatic rings. The molecule has 2 aliphatic heterocycles. The molecule has 0 atom stereocenters. The minimum absolute atomic E-state index is 0.0238. The first-order valence-electron chi connectivity index (χ1n) is 11.4. The Morgan fingerprint density at radius 2 is 1.88 bits per heavy atom. The second-order valence-corrected chi connectivity index (χ2v) is 9.12. The van der Waals surface area contributed by atoms with Gasteiger partial charge in [-0.05, 0) is 86.4 Å². The van der Waals surface area contributed by atoms with Crippen LogP contribution in [-0.4, -0.2) is 45.8 Å². The lowest BCUT2D eigenvalue weighted by Gasteiger charge is -2.29. The van der Waals surface area contributed by atoms with Crippen LogP contribution < -0.4 is 5.73 Å². The Morgan fingerprint density at radius 3 is 2.64 bits per heavy atom. The number of pyridine rings is 2. The molecular weight excluding hydrogens is 417 g/mol. The van der Waals surface area contributed by atoms with Gasteiger partial charge in [-0.3, -0.25) is 14.8 Å². The molecule has 33 heavy (non-hydrogen) atoms. The number of carbonyl (C=O) groups excluding carboxylic acids is 1. The van der Waals surface area contributed by atoms with Gasteiger partial charge in [0.1, 0.15) is 5.82 Å². The van der Waals surface area contributed by atoms with E-state index in [0.29, 0.717) is 36.1 Å². The molecule has 0 unspecified atom stereocenters. The van der Waals surface area contributed by atoms with Crippen molar-refractivity contribution in [1.29, 1.82) is 0 Å². The van der Waals surface area contributed by atoms with Crippen LogP contribution in [0.4, 0.5) is 10.1 Å². The minimum atomic E-state index is -0.300. The van der Waals surface area contributed by atoms with Crippen molar-refractivity contribution >= 4 is 11.6 Å². The molecule has 0 bridgehead atoms. The molecule has 6 nitrogen and oxygen atoms in total. The SMILES string of the molecule is CN1CCC(c2cnc3c(c2)CN(C(=O)Cc2nc(-c4ccc(F)cc4)ccc2N)C3)CC1. The number of benzene rings is 1. The molecule has 170 valence electrons. The summed E-state index contributed by atoms with van der Waals surface area (Å²) >= 11 is 0. The van der Waals surface area contributed by atoms with Crippen LogP contribution in [0.3, 0.4) is 0 Å². The smallest absolute Gasteiger partial charge is 0.229 e. The largest absolute Gasteiger partial charge is 0.397 e. The fraction of sp³-hybridized carbons (Fsp3) is 0.346. The average molecular weight is 446 g/mol. The van der Waals surface area contributed by atoms with Gasteiger partial charge in [-0.25, -0.2) is 4.39 Å². The van der Waals surface area contributed by atoms with Crippen LogP contribution in [0.1, 0.15) is 41.3 Å². The van der Waals surface area contributed by atoms with Crippen LogP contribution >= 0.6 is 0 Å². The number of fused-ring (bicyclic) bond motifs is 1. The summed E-state index contributed by atoms with van der Waals surface area (Å²) < 4.78 is 13.3. The molecule has 0 radical (unpaired) electrons. The highest BCUT2D eigenvalue weighted by atomic mass is 19.1. The fourth-order valence-electron chi connectivity index (χ4n) is 4.71. The van der Waals surface area contributed by atoms with E-state index < -0.39 is 0 Å². The quantitative estimate of drug-likeness (QED) is 0.662. The topological polar surface area (TPSA) is 75.4 Å². The van der Waals surface area contributed by atoms with Crippen LogP contribution in [0.2, 0.25) is 0 Å². The molecule has 2 aromatic heterocycles. The number of carbonyl (C=O) groups is 1. The van der Waals surface area contributed by atoms with Gasteiger partial charge in [0.2, 0.25) is 5.91 Å². The number of amides is 1. The maximum Gasteiger partial charge on any atom is 0.229 e. The normalized spacial score (nSPS) is 16.7. The number of halogens is 1. The van der Waals surface area contributed by atoms with Gasteiger partial charge < -0.3 is 15.5 Å². The third-order valence-corrected chi connectivity index (χ3v) is 6.79. The van der Waals surface area contributed by atoms with Crippen LogP contribution in [0.5, 0.6) is 0 Å². The van der Waals surface area contributed by atoms with Gasteiger partial charge >= 0.3 is 0 Å². The van der Waals surface area contributed by atoms with E-state index in [1.807, 2.05) is 11.1 Å². The predicted octanol–water partition coefficient (Wildman–Crippen LogP) is 3.76. The zero-order valence-electron chi connectivity index (χ0n) is 18.8. The molecule has 0 aliphatic carbocycles. The van der Waals surface area contributed by atoms with E-state index in [-0.39, 0.29) is 18.1 Å². The fourth-order valence-corrected chi connectivity index (χ4v) is 4.71. The number of nitrogens with zero attached hydrogens (tertiary/aromatic N) is 4. The zero-order valence-corrected chi connectivity index (χ0v) is 18.8. The van der Waals surface area contributed by atoms with Crippen molar-refractivity contribution in [3.05, 3.63) is 77.0 Å². The van der Waals surface area contributed by atoms with Gasteiger partial charge in [-0.15, -0.1) is 0 Å². The molecule has 2 N–H and O–H groups in total. The maximum absolute atomic E-state index is 13.3. The Hall–Kier alpha value is -3.32. The summed E-state index contributed by atoms with van der Waals surface area (Å²) in [4.78, 5) is 26.6. The number of likely N-dealkylation sites (tertiary alicyclic amines) is 1. The van der Waals surface area contributed by atoms with Gasteiger partial charge in [0.25, 0.3) is 0 Å². The monoisotopic (exact) mass is 445 g/mol. The van der Waals surface area contributed by atoms with E-state index in [0.717, 1.165) is 42.8 Å². The van der Waals surface area contributed by atoms with E-state index in [4.69, 9.17) is 10.7 Å². The highest BCUT2D eigenvalue weighted by Crippen LogP contribution is 2.31. The average Bonchev–Trinajstić information content (AvgIpc) is 3.25. The summed E-state index contributed by atoms with van der Waals surface area (Å²) in [5.41, 5.74) is 12.0. The van der Waals surface area contributed by atoms with Gasteiger partial charge in [-0.2, -0.15) is 0 Å². The summed E-state index contributed by atoms with van der Waals surface area (Å²) in [6, 6.07) is 11.9. The Balaban J connectivity index is 1.28. The standard InChI is InChI=1S/C26H28FN5O/c1-31-10-8-17(9-11-31)19-12-20-15-32(16-25(20)29-14-19)26(33)13-24-22(28)6-7-23(30-24)18-2-4-21(27)5-3-18/h2-7,12,14,17H,8-11,13,15-16,28H2,1H3. The summed E-state index contributed by atoms with van der Waals surface area (Å²) in [6.07, 6.45) is 4.41. The Kier molecular flexibility index (Phi) is 5.81. The number of hydrogen-bond acceptors (Lipinski definition) is 5. The molecular formula is C26H28FN5O. The summed E-state index contributed by atoms with van der Waals surface area (Å²) in [5, 5.41) is 0. The number of nitrogens with two attached hydrogens (primary N) is 1. The van der Waals surface area contributed by atoms with Gasteiger partial charge in [0.05, 0.1) is 35.7 Å². The second kappa shape index (κ2) is 8.90. The van der Waals surface area contributed by atoms with Crippen LogP contribution in [0.15, 0.2) is 48.7 Å². The lowest BCUT2D eigenvalue weighted by atomic mass is 9.90. The third kappa shape index (κ3) is 4.59. The van der Waals surface area contributed by atoms with Crippen molar-refractivity contribution in [2.45, 2.75) is 38.3 Å². The van der Waals surface area contributed by atoms with Crippen molar-refractivity contribution < 1.29 is 9.18 Å². The van der Waals surface area contributed by atoms with Crippen molar-refractivity contribution in [2.24, 2.45) is 0 Å². The molecule has 1 fully saturated rings. The van der Waals surface area contributed by atoms with Gasteiger partial charge in [0.15, 0.2) is 0 Å². The Morgan fingerprint density at radius 1 is 1.12 bits per heavy atom. The first kappa shape index (κ1) is 21.5. The number of hydrogen-bond donors (Lipinski definition) is 1. The summed E-state index contributed by atoms with van der Waals surface area (Å²) in [6.45, 7) is 3.30. The van der Waals surface area contributed by atoms with Crippen molar-refractivity contribution in [3.8, 4) is 11.3 Å². The molecule has 0 saturated carbocycles. The molecule has 3 aromatic rings. The molecule has 7 heteroatoms. The number of anilines is 1. The molecule has 1 aromatic carbocycles. The Labute approximate surface area is 193 Å². The minimum Gasteiger partial charge on any atom is -0.397 e. The van der Waals surface area contributed by atoms with E-state index >= 15 is 0 Å². The third-order valence-electron chi connectivity index (χ3n) is 6.79. The van der Waals surface area contributed by atoms with Gasteiger partial charge in [-0.1, -0.05) is 6.07 Å². The lowest BCUT2D eigenvalue weighted by Crippen LogP contribution is -2.29. The number of piperidine rings is 1. The first-order valence-corrected chi connectivity index (χ1v) is 11.4. The molecule has 4 heterocycles. The van der Waals surface area contributed by atoms with Crippen LogP contribution in [-0.2, 0) is 24.3 Å². The van der Waals surface area contributed by atoms with Crippen molar-refractivity contribution in [2.75, 3.05) is 25.9 Å². The van der Waals surface area contributed by atoms with E-state index in [1.54, 1.807) is 24.3 Å². The van der Waals surface area contributed by atoms with Crippen LogP contribution in [0, 0.1) is 5.82 Å². The highest BCUT2D eigenvalue weighted by molar-refractivity contribution is 5.80. The summed E-state index contributed by atoms with van der Waals surface area (Å²) in [7, 11) is 2.16. The molecule has 5 rings (SSSR count). The molecule has 1 saturated heterocycles. The number of nitrogen functional groups attached to an aromatic ring is 1. The molecule has 1 amide bonds. The van der Waals surface area contributed by atoms with Crippen molar-refractivity contribution in [3.63, 3.8) is 0 Å². The second-order valence-electron chi connectivity index (χ2n) is 9.12. The van der Waals surface area contributed by atoms with Crippen molar-refractivity contribution in [1.82, 2.24) is 19.8 Å². The van der Waals surface area contributed by atoms with Crippen LogP contribution in [0.25, 0.3) is 11.3 Å².